The van der Waals surface area contributed by atoms with E-state index in [0.29, 0.717) is 11.8 Å². The van der Waals surface area contributed by atoms with Crippen LogP contribution in [0.5, 0.6) is 0 Å². The topological polar surface area (TPSA) is 93.1 Å². The zero-order chi connectivity index (χ0) is 24.5. The summed E-state index contributed by atoms with van der Waals surface area (Å²) in [5, 5.41) is 2.61. The molecule has 1 amide bonds. The maximum absolute atomic E-state index is 13.2. The van der Waals surface area contributed by atoms with Crippen LogP contribution in [0.15, 0.2) is 59.6 Å². The van der Waals surface area contributed by atoms with Gasteiger partial charge in [-0.1, -0.05) is 24.3 Å². The fourth-order valence-corrected chi connectivity index (χ4v) is 5.27. The van der Waals surface area contributed by atoms with Crippen molar-refractivity contribution in [2.24, 2.45) is 0 Å². The first-order chi connectivity index (χ1) is 16.0. The third-order valence-electron chi connectivity index (χ3n) is 5.54. The van der Waals surface area contributed by atoms with Gasteiger partial charge < -0.3 is 9.88 Å². The number of hydrogen-bond acceptors (Lipinski definition) is 4. The zero-order valence-corrected chi connectivity index (χ0v) is 19.1. The van der Waals surface area contributed by atoms with Gasteiger partial charge in [0.25, 0.3) is 0 Å². The standard InChI is InChI=1S/C23H23F3N4O3S/c1-15(29-34(32,33)20-10-3-2-9-18(20)23(24,25)26)22(31)27-17-8-6-7-16(13-17)19-14-30-12-5-4-11-21(30)28-19/h2-3,6-10,13-15,29H,4-5,11-12H2,1H3,(H,27,31)/t15-/m0/s1. The number of alkyl halides is 3. The Balaban J connectivity index is 1.48. The quantitative estimate of drug-likeness (QED) is 0.539. The molecule has 2 N–H and O–H groups in total. The number of carbonyl (C=O) groups excluding carboxylic acids is 1. The summed E-state index contributed by atoms with van der Waals surface area (Å²) in [6.07, 6.45) is 0.202. The number of halogens is 3. The molecular formula is C23H23F3N4O3S. The number of fused-ring (bicyclic) bond motifs is 1. The highest BCUT2D eigenvalue weighted by molar-refractivity contribution is 7.89. The molecule has 2 heterocycles. The molecule has 0 radical (unpaired) electrons. The van der Waals surface area contributed by atoms with E-state index in [1.54, 1.807) is 18.2 Å². The SMILES string of the molecule is C[C@H](NS(=O)(=O)c1ccccc1C(F)(F)F)C(=O)Nc1cccc(-c2cn3c(n2)CCCC3)c1. The third-order valence-corrected chi connectivity index (χ3v) is 7.14. The summed E-state index contributed by atoms with van der Waals surface area (Å²) in [4.78, 5) is 16.3. The largest absolute Gasteiger partial charge is 0.417 e. The molecule has 3 aromatic rings. The molecule has 0 aliphatic carbocycles. The van der Waals surface area contributed by atoms with E-state index in [-0.39, 0.29) is 0 Å². The van der Waals surface area contributed by atoms with Crippen molar-refractivity contribution in [3.8, 4) is 11.3 Å². The number of hydrogen-bond donors (Lipinski definition) is 2. The van der Waals surface area contributed by atoms with Crippen LogP contribution in [-0.4, -0.2) is 29.9 Å². The first-order valence-corrected chi connectivity index (χ1v) is 12.2. The molecule has 0 saturated carbocycles. The molecule has 1 atom stereocenters. The number of aryl methyl sites for hydroxylation is 2. The van der Waals surface area contributed by atoms with Gasteiger partial charge in [0.1, 0.15) is 5.82 Å². The molecule has 0 fully saturated rings. The Bertz CT molecular complexity index is 1300. The first kappa shape index (κ1) is 24.0. The van der Waals surface area contributed by atoms with Crippen LogP contribution in [0, 0.1) is 0 Å². The lowest BCUT2D eigenvalue weighted by Crippen LogP contribution is -2.42. The van der Waals surface area contributed by atoms with Crippen LogP contribution in [0.1, 0.15) is 31.2 Å². The highest BCUT2D eigenvalue weighted by Gasteiger charge is 2.37. The Labute approximate surface area is 195 Å². The third kappa shape index (κ3) is 5.15. The van der Waals surface area contributed by atoms with Gasteiger partial charge in [0, 0.05) is 30.4 Å². The molecule has 7 nitrogen and oxygen atoms in total. The summed E-state index contributed by atoms with van der Waals surface area (Å²) in [5.74, 6) is 0.298. The van der Waals surface area contributed by atoms with Crippen LogP contribution in [0.25, 0.3) is 11.3 Å². The molecule has 11 heteroatoms. The van der Waals surface area contributed by atoms with Crippen molar-refractivity contribution >= 4 is 21.6 Å². The van der Waals surface area contributed by atoms with Crippen LogP contribution in [-0.2, 0) is 34.0 Å². The summed E-state index contributed by atoms with van der Waals surface area (Å²) < 4.78 is 69.1. The van der Waals surface area contributed by atoms with Crippen LogP contribution in [0.3, 0.4) is 0 Å². The lowest BCUT2D eigenvalue weighted by Gasteiger charge is -2.17. The molecule has 4 rings (SSSR count). The van der Waals surface area contributed by atoms with Crippen molar-refractivity contribution in [2.75, 3.05) is 5.32 Å². The average molecular weight is 493 g/mol. The molecule has 0 unspecified atom stereocenters. The second-order valence-electron chi connectivity index (χ2n) is 8.10. The molecule has 1 aliphatic heterocycles. The number of imidazole rings is 1. The summed E-state index contributed by atoms with van der Waals surface area (Å²) in [6.45, 7) is 2.17. The highest BCUT2D eigenvalue weighted by atomic mass is 32.2. The van der Waals surface area contributed by atoms with Gasteiger partial charge in [-0.3, -0.25) is 4.79 Å². The lowest BCUT2D eigenvalue weighted by molar-refractivity contribution is -0.139. The van der Waals surface area contributed by atoms with Gasteiger partial charge in [-0.2, -0.15) is 17.9 Å². The number of benzene rings is 2. The predicted molar refractivity (Wildman–Crippen MR) is 120 cm³/mol. The Hall–Kier alpha value is -3.18. The maximum atomic E-state index is 13.2. The van der Waals surface area contributed by atoms with Gasteiger partial charge in [0.15, 0.2) is 0 Å². The van der Waals surface area contributed by atoms with Gasteiger partial charge in [0.05, 0.1) is 22.2 Å². The van der Waals surface area contributed by atoms with Crippen molar-refractivity contribution < 1.29 is 26.4 Å². The fraction of sp³-hybridized carbons (Fsp3) is 0.304. The summed E-state index contributed by atoms with van der Waals surface area (Å²) in [5.41, 5.74) is 0.665. The van der Waals surface area contributed by atoms with E-state index in [1.165, 1.54) is 13.0 Å². The number of aromatic nitrogens is 2. The number of amides is 1. The van der Waals surface area contributed by atoms with Gasteiger partial charge in [0.2, 0.25) is 15.9 Å². The van der Waals surface area contributed by atoms with Crippen LogP contribution < -0.4 is 10.0 Å². The number of anilines is 1. The smallest absolute Gasteiger partial charge is 0.334 e. The van der Waals surface area contributed by atoms with Crippen LogP contribution >= 0.6 is 0 Å². The number of nitrogens with zero attached hydrogens (tertiary/aromatic N) is 2. The van der Waals surface area contributed by atoms with Gasteiger partial charge >= 0.3 is 6.18 Å². The molecule has 180 valence electrons. The first-order valence-electron chi connectivity index (χ1n) is 10.7. The number of sulfonamides is 1. The number of carbonyl (C=O) groups is 1. The molecule has 0 bridgehead atoms. The van der Waals surface area contributed by atoms with Gasteiger partial charge in [-0.15, -0.1) is 0 Å². The van der Waals surface area contributed by atoms with Crippen molar-refractivity contribution in [2.45, 2.75) is 49.8 Å². The Morgan fingerprint density at radius 1 is 1.12 bits per heavy atom. The Morgan fingerprint density at radius 2 is 1.88 bits per heavy atom. The average Bonchev–Trinajstić information content (AvgIpc) is 3.23. The van der Waals surface area contributed by atoms with Crippen molar-refractivity contribution in [1.82, 2.24) is 14.3 Å². The number of rotatable bonds is 6. The van der Waals surface area contributed by atoms with Gasteiger partial charge in [-0.05, 0) is 44.0 Å². The molecule has 2 aromatic carbocycles. The normalized spacial score (nSPS) is 14.9. The van der Waals surface area contributed by atoms with E-state index >= 15 is 0 Å². The second kappa shape index (κ2) is 9.22. The summed E-state index contributed by atoms with van der Waals surface area (Å²) in [6, 6.07) is 9.43. The molecular weight excluding hydrogens is 469 g/mol. The highest BCUT2D eigenvalue weighted by Crippen LogP contribution is 2.34. The molecule has 1 aliphatic rings. The summed E-state index contributed by atoms with van der Waals surface area (Å²) >= 11 is 0. The van der Waals surface area contributed by atoms with Crippen LogP contribution in [0.4, 0.5) is 18.9 Å². The van der Waals surface area contributed by atoms with Crippen LogP contribution in [0.2, 0.25) is 0 Å². The van der Waals surface area contributed by atoms with Crippen molar-refractivity contribution in [3.05, 3.63) is 66.1 Å². The lowest BCUT2D eigenvalue weighted by atomic mass is 10.1. The molecule has 0 saturated heterocycles. The minimum Gasteiger partial charge on any atom is -0.334 e. The molecule has 0 spiro atoms. The Morgan fingerprint density at radius 3 is 2.62 bits per heavy atom. The minimum atomic E-state index is -4.86. The zero-order valence-electron chi connectivity index (χ0n) is 18.3. The van der Waals surface area contributed by atoms with E-state index in [2.05, 4.69) is 14.9 Å². The van der Waals surface area contributed by atoms with E-state index in [0.717, 1.165) is 55.0 Å². The summed E-state index contributed by atoms with van der Waals surface area (Å²) in [7, 11) is -4.61. The second-order valence-corrected chi connectivity index (χ2v) is 9.78. The van der Waals surface area contributed by atoms with E-state index in [1.807, 2.05) is 17.0 Å². The number of nitrogens with one attached hydrogen (secondary N) is 2. The van der Waals surface area contributed by atoms with Crippen molar-refractivity contribution in [3.63, 3.8) is 0 Å². The van der Waals surface area contributed by atoms with E-state index in [9.17, 15) is 26.4 Å². The van der Waals surface area contributed by atoms with Crippen molar-refractivity contribution in [1.29, 1.82) is 0 Å². The predicted octanol–water partition coefficient (Wildman–Crippen LogP) is 4.21. The van der Waals surface area contributed by atoms with E-state index in [4.69, 9.17) is 0 Å². The minimum absolute atomic E-state index is 0.412. The molecule has 34 heavy (non-hydrogen) atoms. The van der Waals surface area contributed by atoms with Gasteiger partial charge in [-0.25, -0.2) is 13.4 Å². The van der Waals surface area contributed by atoms with E-state index < -0.39 is 38.6 Å². The maximum Gasteiger partial charge on any atom is 0.417 e. The molecule has 1 aromatic heterocycles. The Kier molecular flexibility index (Phi) is 6.50. The fourth-order valence-electron chi connectivity index (χ4n) is 3.84. The monoisotopic (exact) mass is 492 g/mol.